The Kier molecular flexibility index (Phi) is 3.95. The van der Waals surface area contributed by atoms with Gasteiger partial charge < -0.3 is 10.4 Å². The van der Waals surface area contributed by atoms with Gasteiger partial charge in [0, 0.05) is 0 Å². The van der Waals surface area contributed by atoms with Crippen LogP contribution in [0.3, 0.4) is 0 Å². The summed E-state index contributed by atoms with van der Waals surface area (Å²) in [5.74, 6) is 0.951. The van der Waals surface area contributed by atoms with Crippen molar-refractivity contribution < 1.29 is 5.11 Å². The summed E-state index contributed by atoms with van der Waals surface area (Å²) in [6.45, 7) is 6.29. The molecule has 0 unspecified atom stereocenters. The Morgan fingerprint density at radius 3 is 2.65 bits per heavy atom. The molecule has 0 amide bonds. The molecule has 1 aromatic rings. The van der Waals surface area contributed by atoms with E-state index in [0.717, 1.165) is 30.6 Å². The Morgan fingerprint density at radius 2 is 2.00 bits per heavy atom. The van der Waals surface area contributed by atoms with E-state index in [1.54, 1.807) is 0 Å². The normalized spacial score (nSPS) is 17.4. The van der Waals surface area contributed by atoms with Crippen molar-refractivity contribution in [2.45, 2.75) is 33.1 Å². The van der Waals surface area contributed by atoms with Gasteiger partial charge >= 0.3 is 0 Å². The van der Waals surface area contributed by atoms with Crippen molar-refractivity contribution in [1.29, 1.82) is 0 Å². The Balaban J connectivity index is 2.24. The van der Waals surface area contributed by atoms with Crippen molar-refractivity contribution in [2.24, 2.45) is 5.92 Å². The van der Waals surface area contributed by atoms with E-state index >= 15 is 0 Å². The quantitative estimate of drug-likeness (QED) is 0.848. The molecule has 94 valence electrons. The molecule has 1 aromatic carbocycles. The second-order valence-electron chi connectivity index (χ2n) is 5.02. The third-order valence-electron chi connectivity index (χ3n) is 3.85. The van der Waals surface area contributed by atoms with Crippen LogP contribution in [0.4, 0.5) is 0 Å². The molecule has 1 aliphatic heterocycles. The van der Waals surface area contributed by atoms with Crippen LogP contribution >= 0.6 is 11.6 Å². The minimum atomic E-state index is 0.285. The molecule has 0 radical (unpaired) electrons. The molecule has 1 aliphatic rings. The van der Waals surface area contributed by atoms with Gasteiger partial charge in [-0.1, -0.05) is 11.6 Å². The SMILES string of the molecule is Cc1cc(Cl)c(O)c(CC2CCNCC2)c1C. The second-order valence-corrected chi connectivity index (χ2v) is 5.43. The first-order valence-electron chi connectivity index (χ1n) is 6.28. The summed E-state index contributed by atoms with van der Waals surface area (Å²) in [4.78, 5) is 0. The highest BCUT2D eigenvalue weighted by Crippen LogP contribution is 2.35. The third-order valence-corrected chi connectivity index (χ3v) is 4.14. The number of phenolic OH excluding ortho intramolecular Hbond substituents is 1. The van der Waals surface area contributed by atoms with Crippen molar-refractivity contribution in [1.82, 2.24) is 5.32 Å². The van der Waals surface area contributed by atoms with Crippen LogP contribution in [0.1, 0.15) is 29.5 Å². The fraction of sp³-hybridized carbons (Fsp3) is 0.571. The van der Waals surface area contributed by atoms with Gasteiger partial charge in [-0.2, -0.15) is 0 Å². The number of rotatable bonds is 2. The zero-order valence-electron chi connectivity index (χ0n) is 10.5. The molecule has 0 aromatic heterocycles. The fourth-order valence-corrected chi connectivity index (χ4v) is 2.83. The maximum absolute atomic E-state index is 10.1. The summed E-state index contributed by atoms with van der Waals surface area (Å²) in [7, 11) is 0. The van der Waals surface area contributed by atoms with Crippen molar-refractivity contribution in [3.63, 3.8) is 0 Å². The number of hydrogen-bond donors (Lipinski definition) is 2. The average Bonchev–Trinajstić information content (AvgIpc) is 2.33. The predicted octanol–water partition coefficient (Wildman–Crippen LogP) is 3.20. The molecule has 2 N–H and O–H groups in total. The summed E-state index contributed by atoms with van der Waals surface area (Å²) < 4.78 is 0. The van der Waals surface area contributed by atoms with Crippen molar-refractivity contribution >= 4 is 11.6 Å². The second kappa shape index (κ2) is 5.28. The summed E-state index contributed by atoms with van der Waals surface area (Å²) in [5.41, 5.74) is 3.39. The highest BCUT2D eigenvalue weighted by Gasteiger charge is 2.18. The first kappa shape index (κ1) is 12.7. The third kappa shape index (κ3) is 2.75. The van der Waals surface area contributed by atoms with Gasteiger partial charge in [0.1, 0.15) is 5.75 Å². The van der Waals surface area contributed by atoms with E-state index in [1.165, 1.54) is 18.4 Å². The van der Waals surface area contributed by atoms with Gasteiger partial charge in [0.2, 0.25) is 0 Å². The van der Waals surface area contributed by atoms with Crippen LogP contribution in [-0.2, 0) is 6.42 Å². The van der Waals surface area contributed by atoms with Crippen LogP contribution in [0, 0.1) is 19.8 Å². The molecule has 0 aliphatic carbocycles. The molecule has 1 fully saturated rings. The number of aryl methyl sites for hydroxylation is 1. The monoisotopic (exact) mass is 253 g/mol. The molecule has 0 bridgehead atoms. The molecular weight excluding hydrogens is 234 g/mol. The van der Waals surface area contributed by atoms with Crippen molar-refractivity contribution in [3.05, 3.63) is 27.8 Å². The van der Waals surface area contributed by atoms with Crippen LogP contribution in [0.2, 0.25) is 5.02 Å². The molecule has 3 heteroatoms. The molecule has 1 saturated heterocycles. The van der Waals surface area contributed by atoms with Gasteiger partial charge in [-0.05, 0) is 74.9 Å². The Labute approximate surface area is 108 Å². The van der Waals surface area contributed by atoms with Gasteiger partial charge in [0.05, 0.1) is 5.02 Å². The van der Waals surface area contributed by atoms with Crippen LogP contribution < -0.4 is 5.32 Å². The van der Waals surface area contributed by atoms with E-state index in [4.69, 9.17) is 11.6 Å². The molecule has 1 heterocycles. The number of nitrogens with one attached hydrogen (secondary N) is 1. The average molecular weight is 254 g/mol. The number of piperidine rings is 1. The Hall–Kier alpha value is -0.730. The number of phenols is 1. The number of halogens is 1. The van der Waals surface area contributed by atoms with Gasteiger partial charge in [-0.25, -0.2) is 0 Å². The molecule has 0 spiro atoms. The minimum Gasteiger partial charge on any atom is -0.506 e. The molecular formula is C14H20ClNO. The molecule has 0 atom stereocenters. The summed E-state index contributed by atoms with van der Waals surface area (Å²) in [6.07, 6.45) is 3.32. The van der Waals surface area contributed by atoms with E-state index in [0.29, 0.717) is 10.9 Å². The number of hydrogen-bond acceptors (Lipinski definition) is 2. The lowest BCUT2D eigenvalue weighted by Crippen LogP contribution is -2.28. The lowest BCUT2D eigenvalue weighted by atomic mass is 9.88. The van der Waals surface area contributed by atoms with E-state index in [2.05, 4.69) is 12.2 Å². The van der Waals surface area contributed by atoms with Gasteiger partial charge in [0.15, 0.2) is 0 Å². The maximum Gasteiger partial charge on any atom is 0.137 e. The van der Waals surface area contributed by atoms with E-state index in [-0.39, 0.29) is 5.75 Å². The zero-order chi connectivity index (χ0) is 12.4. The van der Waals surface area contributed by atoms with Crippen LogP contribution in [0.15, 0.2) is 6.07 Å². The standard InChI is InChI=1S/C14H20ClNO/c1-9-7-13(15)14(17)12(10(9)2)8-11-3-5-16-6-4-11/h7,11,16-17H,3-6,8H2,1-2H3. The van der Waals surface area contributed by atoms with Crippen LogP contribution in [0.5, 0.6) is 5.75 Å². The lowest BCUT2D eigenvalue weighted by Gasteiger charge is -2.24. The van der Waals surface area contributed by atoms with E-state index < -0.39 is 0 Å². The predicted molar refractivity (Wildman–Crippen MR) is 71.9 cm³/mol. The van der Waals surface area contributed by atoms with E-state index in [9.17, 15) is 5.11 Å². The van der Waals surface area contributed by atoms with Gasteiger partial charge in [-0.15, -0.1) is 0 Å². The van der Waals surface area contributed by atoms with E-state index in [1.807, 2.05) is 13.0 Å². The molecule has 2 rings (SSSR count). The molecule has 2 nitrogen and oxygen atoms in total. The topological polar surface area (TPSA) is 32.3 Å². The minimum absolute atomic E-state index is 0.285. The smallest absolute Gasteiger partial charge is 0.137 e. The maximum atomic E-state index is 10.1. The number of aromatic hydroxyl groups is 1. The highest BCUT2D eigenvalue weighted by molar-refractivity contribution is 6.32. The number of benzene rings is 1. The molecule has 17 heavy (non-hydrogen) atoms. The summed E-state index contributed by atoms with van der Waals surface area (Å²) in [5, 5.41) is 13.9. The van der Waals surface area contributed by atoms with Crippen LogP contribution in [0.25, 0.3) is 0 Å². The Morgan fingerprint density at radius 1 is 1.35 bits per heavy atom. The lowest BCUT2D eigenvalue weighted by molar-refractivity contribution is 0.366. The Bertz CT molecular complexity index is 385. The largest absolute Gasteiger partial charge is 0.506 e. The fourth-order valence-electron chi connectivity index (χ4n) is 2.55. The first-order valence-corrected chi connectivity index (χ1v) is 6.65. The molecule has 0 saturated carbocycles. The first-order chi connectivity index (χ1) is 8.09. The van der Waals surface area contributed by atoms with Crippen molar-refractivity contribution in [2.75, 3.05) is 13.1 Å². The zero-order valence-corrected chi connectivity index (χ0v) is 11.3. The van der Waals surface area contributed by atoms with Crippen LogP contribution in [-0.4, -0.2) is 18.2 Å². The van der Waals surface area contributed by atoms with Crippen molar-refractivity contribution in [3.8, 4) is 5.75 Å². The van der Waals surface area contributed by atoms with Gasteiger partial charge in [-0.3, -0.25) is 0 Å². The summed E-state index contributed by atoms with van der Waals surface area (Å²) >= 11 is 6.05. The van der Waals surface area contributed by atoms with Gasteiger partial charge in [0.25, 0.3) is 0 Å². The highest BCUT2D eigenvalue weighted by atomic mass is 35.5. The summed E-state index contributed by atoms with van der Waals surface area (Å²) in [6, 6.07) is 1.85.